The van der Waals surface area contributed by atoms with Crippen molar-refractivity contribution < 1.29 is 19.8 Å². The SMILES string of the molecule is CC(C)(C)c1ccc(N2C(C(=O)O)CCC2C(=O)O)cc1. The molecule has 1 heterocycles. The molecule has 0 saturated carbocycles. The average Bonchev–Trinajstić information content (AvgIpc) is 2.82. The Balaban J connectivity index is 2.36. The van der Waals surface area contributed by atoms with Crippen molar-refractivity contribution in [2.45, 2.75) is 51.1 Å². The highest BCUT2D eigenvalue weighted by molar-refractivity contribution is 5.86. The fourth-order valence-corrected chi connectivity index (χ4v) is 2.79. The number of benzene rings is 1. The van der Waals surface area contributed by atoms with Gasteiger partial charge in [-0.1, -0.05) is 32.9 Å². The Bertz CT molecular complexity index is 522. The Kier molecular flexibility index (Phi) is 3.94. The first-order valence-corrected chi connectivity index (χ1v) is 7.06. The van der Waals surface area contributed by atoms with Gasteiger partial charge >= 0.3 is 11.9 Å². The highest BCUT2D eigenvalue weighted by Crippen LogP contribution is 2.32. The van der Waals surface area contributed by atoms with E-state index in [1.807, 2.05) is 24.3 Å². The van der Waals surface area contributed by atoms with E-state index in [0.717, 1.165) is 5.56 Å². The van der Waals surface area contributed by atoms with Gasteiger partial charge in [-0.2, -0.15) is 0 Å². The molecule has 1 aromatic rings. The summed E-state index contributed by atoms with van der Waals surface area (Å²) in [5.41, 5.74) is 1.78. The summed E-state index contributed by atoms with van der Waals surface area (Å²) in [6, 6.07) is 5.96. The van der Waals surface area contributed by atoms with Crippen molar-refractivity contribution in [1.29, 1.82) is 0 Å². The number of hydrogen-bond donors (Lipinski definition) is 2. The zero-order chi connectivity index (χ0) is 15.8. The summed E-state index contributed by atoms with van der Waals surface area (Å²) >= 11 is 0. The van der Waals surface area contributed by atoms with Crippen molar-refractivity contribution in [3.8, 4) is 0 Å². The van der Waals surface area contributed by atoms with Gasteiger partial charge in [-0.15, -0.1) is 0 Å². The summed E-state index contributed by atoms with van der Waals surface area (Å²) in [7, 11) is 0. The molecule has 2 N–H and O–H groups in total. The second-order valence-corrected chi connectivity index (χ2v) is 6.49. The maximum absolute atomic E-state index is 11.3. The first-order chi connectivity index (χ1) is 9.71. The van der Waals surface area contributed by atoms with E-state index in [4.69, 9.17) is 0 Å². The van der Waals surface area contributed by atoms with E-state index in [1.54, 1.807) is 0 Å². The van der Waals surface area contributed by atoms with E-state index < -0.39 is 24.0 Å². The fourth-order valence-electron chi connectivity index (χ4n) is 2.79. The monoisotopic (exact) mass is 291 g/mol. The average molecular weight is 291 g/mol. The van der Waals surface area contributed by atoms with Gasteiger partial charge in [-0.25, -0.2) is 9.59 Å². The third-order valence-electron chi connectivity index (χ3n) is 3.99. The van der Waals surface area contributed by atoms with Crippen molar-refractivity contribution in [3.63, 3.8) is 0 Å². The van der Waals surface area contributed by atoms with Gasteiger partial charge in [-0.05, 0) is 36.0 Å². The maximum Gasteiger partial charge on any atom is 0.326 e. The Labute approximate surface area is 124 Å². The van der Waals surface area contributed by atoms with Crippen molar-refractivity contribution in [2.24, 2.45) is 0 Å². The quantitative estimate of drug-likeness (QED) is 0.894. The predicted octanol–water partition coefficient (Wildman–Crippen LogP) is 2.49. The summed E-state index contributed by atoms with van der Waals surface area (Å²) in [6.45, 7) is 6.29. The van der Waals surface area contributed by atoms with Crippen molar-refractivity contribution in [1.82, 2.24) is 0 Å². The molecule has 1 aromatic carbocycles. The third-order valence-corrected chi connectivity index (χ3v) is 3.99. The Morgan fingerprint density at radius 1 is 1.00 bits per heavy atom. The molecule has 0 bridgehead atoms. The standard InChI is InChI=1S/C16H21NO4/c1-16(2,3)10-4-6-11(7-5-10)17-12(14(18)19)8-9-13(17)15(20)21/h4-7,12-13H,8-9H2,1-3H3,(H,18,19)(H,20,21). The molecule has 2 rings (SSSR count). The van der Waals surface area contributed by atoms with Gasteiger partial charge in [0.15, 0.2) is 0 Å². The van der Waals surface area contributed by atoms with Gasteiger partial charge in [0, 0.05) is 5.69 Å². The molecular formula is C16H21NO4. The van der Waals surface area contributed by atoms with Crippen molar-refractivity contribution >= 4 is 17.6 Å². The highest BCUT2D eigenvalue weighted by atomic mass is 16.4. The van der Waals surface area contributed by atoms with Crippen LogP contribution in [-0.4, -0.2) is 34.2 Å². The Morgan fingerprint density at radius 2 is 1.43 bits per heavy atom. The Morgan fingerprint density at radius 3 is 1.76 bits per heavy atom. The molecule has 0 amide bonds. The van der Waals surface area contributed by atoms with Crippen LogP contribution in [0.4, 0.5) is 5.69 Å². The van der Waals surface area contributed by atoms with Crippen LogP contribution >= 0.6 is 0 Å². The number of hydrogen-bond acceptors (Lipinski definition) is 3. The second-order valence-electron chi connectivity index (χ2n) is 6.49. The van der Waals surface area contributed by atoms with Gasteiger partial charge in [-0.3, -0.25) is 0 Å². The van der Waals surface area contributed by atoms with Crippen LogP contribution in [0.3, 0.4) is 0 Å². The summed E-state index contributed by atoms with van der Waals surface area (Å²) in [4.78, 5) is 24.2. The number of nitrogens with zero attached hydrogens (tertiary/aromatic N) is 1. The van der Waals surface area contributed by atoms with E-state index in [9.17, 15) is 19.8 Å². The lowest BCUT2D eigenvalue weighted by atomic mass is 9.87. The molecule has 1 aliphatic rings. The van der Waals surface area contributed by atoms with E-state index in [1.165, 1.54) is 4.90 Å². The first kappa shape index (κ1) is 15.4. The van der Waals surface area contributed by atoms with E-state index in [0.29, 0.717) is 18.5 Å². The molecule has 0 radical (unpaired) electrons. The first-order valence-electron chi connectivity index (χ1n) is 7.06. The minimum Gasteiger partial charge on any atom is -0.480 e. The molecule has 21 heavy (non-hydrogen) atoms. The van der Waals surface area contributed by atoms with E-state index in [2.05, 4.69) is 20.8 Å². The van der Waals surface area contributed by atoms with Crippen LogP contribution < -0.4 is 4.90 Å². The zero-order valence-electron chi connectivity index (χ0n) is 12.5. The minimum absolute atomic E-state index is 0.00192. The lowest BCUT2D eigenvalue weighted by Gasteiger charge is -2.29. The fraction of sp³-hybridized carbons (Fsp3) is 0.500. The summed E-state index contributed by atoms with van der Waals surface area (Å²) in [5, 5.41) is 18.6. The molecule has 5 nitrogen and oxygen atoms in total. The Hall–Kier alpha value is -2.04. The molecule has 0 aliphatic carbocycles. The molecule has 1 fully saturated rings. The summed E-state index contributed by atoms with van der Waals surface area (Å²) in [5.74, 6) is -1.95. The van der Waals surface area contributed by atoms with Crippen molar-refractivity contribution in [3.05, 3.63) is 29.8 Å². The van der Waals surface area contributed by atoms with Gasteiger partial charge in [0.25, 0.3) is 0 Å². The van der Waals surface area contributed by atoms with Crippen molar-refractivity contribution in [2.75, 3.05) is 4.90 Å². The molecule has 2 atom stereocenters. The van der Waals surface area contributed by atoms with Crippen LogP contribution in [0, 0.1) is 0 Å². The number of rotatable bonds is 3. The van der Waals surface area contributed by atoms with Crippen LogP contribution in [0.15, 0.2) is 24.3 Å². The topological polar surface area (TPSA) is 77.8 Å². The molecule has 2 unspecified atom stereocenters. The number of carbonyl (C=O) groups is 2. The number of carboxylic acids is 2. The summed E-state index contributed by atoms with van der Waals surface area (Å²) < 4.78 is 0. The lowest BCUT2D eigenvalue weighted by molar-refractivity contribution is -0.139. The van der Waals surface area contributed by atoms with Gasteiger partial charge in [0.2, 0.25) is 0 Å². The molecule has 1 aliphatic heterocycles. The van der Waals surface area contributed by atoms with Crippen LogP contribution in [0.1, 0.15) is 39.2 Å². The lowest BCUT2D eigenvalue weighted by Crippen LogP contribution is -2.44. The van der Waals surface area contributed by atoms with Crippen LogP contribution in [-0.2, 0) is 15.0 Å². The smallest absolute Gasteiger partial charge is 0.326 e. The maximum atomic E-state index is 11.3. The molecule has 0 spiro atoms. The molecular weight excluding hydrogens is 270 g/mol. The van der Waals surface area contributed by atoms with Crippen LogP contribution in [0.25, 0.3) is 0 Å². The number of carboxylic acid groups (broad SMARTS) is 2. The van der Waals surface area contributed by atoms with Gasteiger partial charge < -0.3 is 15.1 Å². The van der Waals surface area contributed by atoms with Gasteiger partial charge in [0.05, 0.1) is 0 Å². The zero-order valence-corrected chi connectivity index (χ0v) is 12.5. The molecule has 1 saturated heterocycles. The summed E-state index contributed by atoms with van der Waals surface area (Å²) in [6.07, 6.45) is 0.709. The van der Waals surface area contributed by atoms with E-state index in [-0.39, 0.29) is 5.41 Å². The molecule has 0 aromatic heterocycles. The minimum atomic E-state index is -0.973. The van der Waals surface area contributed by atoms with Crippen LogP contribution in [0.5, 0.6) is 0 Å². The van der Waals surface area contributed by atoms with Gasteiger partial charge in [0.1, 0.15) is 12.1 Å². The normalized spacial score (nSPS) is 22.3. The molecule has 5 heteroatoms. The number of aliphatic carboxylic acids is 2. The third kappa shape index (κ3) is 3.01. The number of anilines is 1. The molecule has 114 valence electrons. The largest absolute Gasteiger partial charge is 0.480 e. The van der Waals surface area contributed by atoms with Crippen LogP contribution in [0.2, 0.25) is 0 Å². The highest BCUT2D eigenvalue weighted by Gasteiger charge is 2.41. The second kappa shape index (κ2) is 5.39. The predicted molar refractivity (Wildman–Crippen MR) is 79.7 cm³/mol. The van der Waals surface area contributed by atoms with E-state index >= 15 is 0 Å².